The van der Waals surface area contributed by atoms with Crippen LogP contribution < -0.4 is 15.4 Å². The summed E-state index contributed by atoms with van der Waals surface area (Å²) in [4.78, 5) is 15.7. The van der Waals surface area contributed by atoms with E-state index in [1.165, 1.54) is 12.7 Å². The van der Waals surface area contributed by atoms with E-state index < -0.39 is 0 Å². The van der Waals surface area contributed by atoms with E-state index in [1.54, 1.807) is 19.2 Å². The molecule has 0 bridgehead atoms. The lowest BCUT2D eigenvalue weighted by molar-refractivity contribution is 0.0600. The highest BCUT2D eigenvalue weighted by Gasteiger charge is 2.22. The van der Waals surface area contributed by atoms with Crippen molar-refractivity contribution in [3.63, 3.8) is 0 Å². The Bertz CT molecular complexity index is 762. The number of benzene rings is 2. The van der Waals surface area contributed by atoms with Crippen molar-refractivity contribution in [2.24, 2.45) is 4.99 Å². The maximum atomic E-state index is 11.5. The molecule has 1 unspecified atom stereocenters. The van der Waals surface area contributed by atoms with Crippen LogP contribution in [0.1, 0.15) is 21.5 Å². The molecule has 1 aliphatic rings. The number of aliphatic imine (C=N–C) groups is 1. The van der Waals surface area contributed by atoms with Crippen molar-refractivity contribution in [1.29, 1.82) is 0 Å². The predicted octanol–water partition coefficient (Wildman–Crippen LogP) is 2.14. The minimum absolute atomic E-state index is 0.102. The van der Waals surface area contributed by atoms with Gasteiger partial charge in [0, 0.05) is 20.0 Å². The van der Waals surface area contributed by atoms with Gasteiger partial charge in [0.05, 0.1) is 19.2 Å². The van der Waals surface area contributed by atoms with Crippen LogP contribution >= 0.6 is 0 Å². The molecular weight excluding hydrogens is 330 g/mol. The number of esters is 1. The molecule has 3 rings (SSSR count). The minimum atomic E-state index is -0.334. The Morgan fingerprint density at radius 2 is 1.96 bits per heavy atom. The molecule has 0 fully saturated rings. The second-order valence-electron chi connectivity index (χ2n) is 6.05. The lowest BCUT2D eigenvalue weighted by atomic mass is 10.1. The number of hydrogen-bond acceptors (Lipinski definition) is 4. The molecular formula is C20H23N3O3. The first-order valence-electron chi connectivity index (χ1n) is 8.56. The number of methoxy groups -OCH3 is 1. The van der Waals surface area contributed by atoms with Crippen LogP contribution in [0, 0.1) is 0 Å². The molecule has 1 aliphatic heterocycles. The van der Waals surface area contributed by atoms with E-state index in [0.717, 1.165) is 17.7 Å². The number of carbonyl (C=O) groups excluding carboxylic acids is 1. The summed E-state index contributed by atoms with van der Waals surface area (Å²) in [7, 11) is 3.11. The Hall–Kier alpha value is -3.02. The molecule has 0 saturated carbocycles. The predicted molar refractivity (Wildman–Crippen MR) is 101 cm³/mol. The fraction of sp³-hybridized carbons (Fsp3) is 0.300. The van der Waals surface area contributed by atoms with E-state index in [9.17, 15) is 4.79 Å². The normalized spacial score (nSPS) is 15.8. The summed E-state index contributed by atoms with van der Waals surface area (Å²) in [6, 6.07) is 15.4. The average molecular weight is 353 g/mol. The van der Waals surface area contributed by atoms with Gasteiger partial charge >= 0.3 is 5.97 Å². The third-order valence-electron chi connectivity index (χ3n) is 4.27. The Morgan fingerprint density at radius 1 is 1.19 bits per heavy atom. The molecule has 0 saturated heterocycles. The second-order valence-corrected chi connectivity index (χ2v) is 6.05. The Morgan fingerprint density at radius 3 is 2.65 bits per heavy atom. The molecule has 6 heteroatoms. The number of nitrogens with one attached hydrogen (secondary N) is 2. The van der Waals surface area contributed by atoms with E-state index in [-0.39, 0.29) is 12.1 Å². The van der Waals surface area contributed by atoms with Crippen molar-refractivity contribution in [2.45, 2.75) is 19.1 Å². The van der Waals surface area contributed by atoms with Crippen LogP contribution in [0.4, 0.5) is 0 Å². The van der Waals surface area contributed by atoms with Gasteiger partial charge in [-0.1, -0.05) is 30.3 Å². The van der Waals surface area contributed by atoms with Crippen LogP contribution in [0.15, 0.2) is 53.5 Å². The molecule has 136 valence electrons. The van der Waals surface area contributed by atoms with E-state index in [2.05, 4.69) is 21.7 Å². The minimum Gasteiger partial charge on any atom is -0.488 e. The molecule has 0 amide bonds. The van der Waals surface area contributed by atoms with Gasteiger partial charge in [-0.25, -0.2) is 4.79 Å². The van der Waals surface area contributed by atoms with E-state index in [0.29, 0.717) is 24.6 Å². The third-order valence-corrected chi connectivity index (χ3v) is 4.27. The molecule has 2 aromatic rings. The zero-order chi connectivity index (χ0) is 18.4. The first kappa shape index (κ1) is 17.8. The Balaban J connectivity index is 1.46. The monoisotopic (exact) mass is 353 g/mol. The van der Waals surface area contributed by atoms with Crippen LogP contribution in [0.5, 0.6) is 5.75 Å². The van der Waals surface area contributed by atoms with Gasteiger partial charge in [0.15, 0.2) is 5.96 Å². The lowest BCUT2D eigenvalue weighted by Gasteiger charge is -2.15. The number of para-hydroxylation sites is 1. The summed E-state index contributed by atoms with van der Waals surface area (Å²) >= 11 is 0. The van der Waals surface area contributed by atoms with Crippen LogP contribution in [-0.4, -0.2) is 38.7 Å². The van der Waals surface area contributed by atoms with Gasteiger partial charge in [0.2, 0.25) is 0 Å². The largest absolute Gasteiger partial charge is 0.488 e. The molecule has 2 N–H and O–H groups in total. The average Bonchev–Trinajstić information content (AvgIpc) is 3.11. The molecule has 2 aromatic carbocycles. The van der Waals surface area contributed by atoms with Gasteiger partial charge in [0.25, 0.3) is 0 Å². The first-order valence-corrected chi connectivity index (χ1v) is 8.56. The van der Waals surface area contributed by atoms with E-state index in [1.807, 2.05) is 30.3 Å². The molecule has 0 aliphatic carbocycles. The Kier molecular flexibility index (Phi) is 5.73. The molecule has 0 radical (unpaired) electrons. The fourth-order valence-corrected chi connectivity index (χ4v) is 2.86. The number of nitrogens with zero attached hydrogens (tertiary/aromatic N) is 1. The van der Waals surface area contributed by atoms with Gasteiger partial charge in [-0.2, -0.15) is 0 Å². The second kappa shape index (κ2) is 8.38. The summed E-state index contributed by atoms with van der Waals surface area (Å²) in [6.07, 6.45) is 1.00. The van der Waals surface area contributed by atoms with Gasteiger partial charge in [0.1, 0.15) is 11.9 Å². The number of guanidine groups is 1. The lowest BCUT2D eigenvalue weighted by Crippen LogP contribution is -2.41. The summed E-state index contributed by atoms with van der Waals surface area (Å²) < 4.78 is 10.6. The summed E-state index contributed by atoms with van der Waals surface area (Å²) in [6.45, 7) is 1.28. The van der Waals surface area contributed by atoms with Crippen molar-refractivity contribution in [3.8, 4) is 5.75 Å². The highest BCUT2D eigenvalue weighted by atomic mass is 16.5. The number of carbonyl (C=O) groups is 1. The molecule has 1 heterocycles. The quantitative estimate of drug-likeness (QED) is 0.490. The van der Waals surface area contributed by atoms with E-state index in [4.69, 9.17) is 9.47 Å². The third kappa shape index (κ3) is 4.33. The van der Waals surface area contributed by atoms with E-state index >= 15 is 0 Å². The number of ether oxygens (including phenoxy) is 2. The topological polar surface area (TPSA) is 72.0 Å². The highest BCUT2D eigenvalue weighted by Crippen LogP contribution is 2.27. The SMILES string of the molecule is CN=C(NCc1ccc(C(=O)OC)cc1)NCC1Cc2ccccc2O1. The number of fused-ring (bicyclic) bond motifs is 1. The maximum absolute atomic E-state index is 11.5. The van der Waals surface area contributed by atoms with Crippen LogP contribution in [0.2, 0.25) is 0 Å². The smallest absolute Gasteiger partial charge is 0.337 e. The van der Waals surface area contributed by atoms with Crippen molar-refractivity contribution in [2.75, 3.05) is 20.7 Å². The number of rotatable bonds is 5. The van der Waals surface area contributed by atoms with Crippen molar-refractivity contribution in [1.82, 2.24) is 10.6 Å². The first-order chi connectivity index (χ1) is 12.7. The molecule has 0 aromatic heterocycles. The van der Waals surface area contributed by atoms with Gasteiger partial charge in [-0.05, 0) is 29.3 Å². The van der Waals surface area contributed by atoms with Gasteiger partial charge in [-0.3, -0.25) is 4.99 Å². The Labute approximate surface area is 153 Å². The maximum Gasteiger partial charge on any atom is 0.337 e. The van der Waals surface area contributed by atoms with Crippen LogP contribution in [0.3, 0.4) is 0 Å². The van der Waals surface area contributed by atoms with Crippen LogP contribution in [-0.2, 0) is 17.7 Å². The zero-order valence-corrected chi connectivity index (χ0v) is 15.0. The van der Waals surface area contributed by atoms with Gasteiger partial charge in [-0.15, -0.1) is 0 Å². The molecule has 1 atom stereocenters. The molecule has 6 nitrogen and oxygen atoms in total. The van der Waals surface area contributed by atoms with Crippen molar-refractivity contribution in [3.05, 3.63) is 65.2 Å². The highest BCUT2D eigenvalue weighted by molar-refractivity contribution is 5.89. The fourth-order valence-electron chi connectivity index (χ4n) is 2.86. The zero-order valence-electron chi connectivity index (χ0n) is 15.0. The standard InChI is InChI=1S/C20H23N3O3/c1-21-20(22-12-14-7-9-15(10-8-14)19(24)25-2)23-13-17-11-16-5-3-4-6-18(16)26-17/h3-10,17H,11-13H2,1-2H3,(H2,21,22,23). The van der Waals surface area contributed by atoms with Crippen LogP contribution in [0.25, 0.3) is 0 Å². The summed E-state index contributed by atoms with van der Waals surface area (Å²) in [5.74, 6) is 1.34. The summed E-state index contributed by atoms with van der Waals surface area (Å²) in [5.41, 5.74) is 2.83. The summed E-state index contributed by atoms with van der Waals surface area (Å²) in [5, 5.41) is 6.56. The molecule has 0 spiro atoms. The van der Waals surface area contributed by atoms with Crippen molar-refractivity contribution < 1.29 is 14.3 Å². The van der Waals surface area contributed by atoms with Crippen molar-refractivity contribution >= 4 is 11.9 Å². The number of hydrogen-bond donors (Lipinski definition) is 2. The van der Waals surface area contributed by atoms with Gasteiger partial charge < -0.3 is 20.1 Å². The molecule has 26 heavy (non-hydrogen) atoms.